The van der Waals surface area contributed by atoms with Crippen molar-refractivity contribution in [1.82, 2.24) is 19.3 Å². The molecule has 6 rings (SSSR count). The van der Waals surface area contributed by atoms with Crippen LogP contribution in [0.1, 0.15) is 35.7 Å². The van der Waals surface area contributed by atoms with E-state index in [0.717, 1.165) is 19.4 Å². The molecule has 1 aliphatic carbocycles. The molecule has 0 radical (unpaired) electrons. The molecule has 35 heavy (non-hydrogen) atoms. The predicted octanol–water partition coefficient (Wildman–Crippen LogP) is 2.97. The summed E-state index contributed by atoms with van der Waals surface area (Å²) in [6.07, 6.45) is 1.96. The summed E-state index contributed by atoms with van der Waals surface area (Å²) in [5, 5.41) is 4.27. The van der Waals surface area contributed by atoms with Gasteiger partial charge in [-0.1, -0.05) is 6.92 Å². The van der Waals surface area contributed by atoms with Crippen molar-refractivity contribution < 1.29 is 31.5 Å². The van der Waals surface area contributed by atoms with Crippen molar-refractivity contribution in [3.63, 3.8) is 0 Å². The van der Waals surface area contributed by atoms with E-state index in [1.54, 1.807) is 13.2 Å². The number of alkyl halides is 2. The molecule has 0 N–H and O–H groups in total. The number of aromatic nitrogens is 4. The molecule has 4 heterocycles. The Labute approximate surface area is 199 Å². The molecule has 3 aliphatic rings. The fraction of sp³-hybridized carbons (Fsp3) is 0.409. The van der Waals surface area contributed by atoms with Crippen molar-refractivity contribution in [2.24, 2.45) is 13.0 Å². The van der Waals surface area contributed by atoms with Crippen molar-refractivity contribution >= 4 is 21.6 Å². The van der Waals surface area contributed by atoms with Gasteiger partial charge in [-0.25, -0.2) is 13.4 Å². The average Bonchev–Trinajstić information content (AvgIpc) is 3.09. The van der Waals surface area contributed by atoms with Gasteiger partial charge in [-0.3, -0.25) is 14.4 Å². The van der Waals surface area contributed by atoms with Crippen LogP contribution in [0.5, 0.6) is 11.5 Å². The minimum atomic E-state index is -3.80. The number of nitrogens with zero attached hydrogens (tertiary/aromatic N) is 5. The third-order valence-electron chi connectivity index (χ3n) is 6.42. The summed E-state index contributed by atoms with van der Waals surface area (Å²) in [6, 6.07) is 2.50. The van der Waals surface area contributed by atoms with Gasteiger partial charge in [0.25, 0.3) is 5.91 Å². The average molecular weight is 506 g/mol. The van der Waals surface area contributed by atoms with Gasteiger partial charge in [0.2, 0.25) is 0 Å². The maximum Gasteiger partial charge on any atom is 0.586 e. The topological polar surface area (TPSA) is 109 Å². The second-order valence-corrected chi connectivity index (χ2v) is 11.1. The molecule has 0 atom stereocenters. The first-order valence-corrected chi connectivity index (χ1v) is 12.8. The third-order valence-corrected chi connectivity index (χ3v) is 8.23. The SMILES string of the molecule is CCS(=O)(=O)c1c(N2Cc3cc4c(cc3C2=O)OC(F)(F)O4)nc(-c2cnn(CC3CC3)c2)n1C. The van der Waals surface area contributed by atoms with Crippen LogP contribution in [0.25, 0.3) is 11.4 Å². The second kappa shape index (κ2) is 7.26. The van der Waals surface area contributed by atoms with Gasteiger partial charge in [0.15, 0.2) is 32.2 Å². The Morgan fingerprint density at radius 2 is 1.91 bits per heavy atom. The van der Waals surface area contributed by atoms with Gasteiger partial charge >= 0.3 is 6.29 Å². The number of hydrogen-bond donors (Lipinski definition) is 0. The summed E-state index contributed by atoms with van der Waals surface area (Å²) >= 11 is 0. The van der Waals surface area contributed by atoms with E-state index in [2.05, 4.69) is 19.6 Å². The number of amides is 1. The van der Waals surface area contributed by atoms with Gasteiger partial charge in [0.05, 0.1) is 24.1 Å². The molecule has 10 nitrogen and oxygen atoms in total. The van der Waals surface area contributed by atoms with Crippen LogP contribution >= 0.6 is 0 Å². The summed E-state index contributed by atoms with van der Waals surface area (Å²) in [5.41, 5.74) is 1.15. The molecule has 0 saturated heterocycles. The van der Waals surface area contributed by atoms with Crippen LogP contribution in [0.3, 0.4) is 0 Å². The fourth-order valence-electron chi connectivity index (χ4n) is 4.46. The fourth-order valence-corrected chi connectivity index (χ4v) is 5.67. The molecule has 1 amide bonds. The number of rotatable bonds is 6. The summed E-state index contributed by atoms with van der Waals surface area (Å²) in [4.78, 5) is 19.1. The van der Waals surface area contributed by atoms with Crippen LogP contribution in [-0.2, 0) is 30.0 Å². The highest BCUT2D eigenvalue weighted by Crippen LogP contribution is 2.45. The maximum absolute atomic E-state index is 13.4. The van der Waals surface area contributed by atoms with Gasteiger partial charge in [0, 0.05) is 25.4 Å². The lowest BCUT2D eigenvalue weighted by molar-refractivity contribution is -0.286. The standard InChI is InChI=1S/C22H21F2N5O5S/c1-3-35(31,32)21-19(26-18(27(21)2)14-8-25-28(10-14)9-12-4-5-12)29-11-13-6-16-17(7-15(13)20(29)30)34-22(23,24)33-16/h6-8,10,12H,3-5,9,11H2,1-2H3. The molecule has 13 heteroatoms. The zero-order chi connectivity index (χ0) is 24.7. The van der Waals surface area contributed by atoms with Gasteiger partial charge in [0.1, 0.15) is 5.82 Å². The van der Waals surface area contributed by atoms with Crippen molar-refractivity contribution in [2.75, 3.05) is 10.7 Å². The normalized spacial score (nSPS) is 18.4. The van der Waals surface area contributed by atoms with E-state index in [0.29, 0.717) is 22.9 Å². The largest absolute Gasteiger partial charge is 0.586 e. The molecule has 2 aromatic heterocycles. The Balaban J connectivity index is 1.41. The minimum Gasteiger partial charge on any atom is -0.395 e. The van der Waals surface area contributed by atoms with E-state index in [1.807, 2.05) is 10.9 Å². The molecular formula is C22H21F2N5O5S. The Hall–Kier alpha value is -3.48. The molecule has 0 bridgehead atoms. The molecule has 0 spiro atoms. The lowest BCUT2D eigenvalue weighted by Crippen LogP contribution is -2.26. The van der Waals surface area contributed by atoms with E-state index < -0.39 is 22.0 Å². The van der Waals surface area contributed by atoms with Gasteiger partial charge in [-0.05, 0) is 36.5 Å². The number of hydrogen-bond acceptors (Lipinski definition) is 7. The highest BCUT2D eigenvalue weighted by Gasteiger charge is 2.46. The molecule has 184 valence electrons. The van der Waals surface area contributed by atoms with E-state index in [4.69, 9.17) is 0 Å². The van der Waals surface area contributed by atoms with Crippen LogP contribution in [0.15, 0.2) is 29.6 Å². The number of ether oxygens (including phenoxy) is 2. The van der Waals surface area contributed by atoms with Crippen molar-refractivity contribution in [1.29, 1.82) is 0 Å². The lowest BCUT2D eigenvalue weighted by atomic mass is 10.1. The first kappa shape index (κ1) is 22.0. The molecule has 0 unspecified atom stereocenters. The molecular weight excluding hydrogens is 484 g/mol. The van der Waals surface area contributed by atoms with Crippen molar-refractivity contribution in [3.05, 3.63) is 35.7 Å². The van der Waals surface area contributed by atoms with Gasteiger partial charge in [-0.15, -0.1) is 8.78 Å². The Kier molecular flexibility index (Phi) is 4.57. The Morgan fingerprint density at radius 3 is 2.60 bits per heavy atom. The van der Waals surface area contributed by atoms with Crippen LogP contribution in [-0.4, -0.2) is 45.7 Å². The van der Waals surface area contributed by atoms with Crippen LogP contribution < -0.4 is 14.4 Å². The number of carbonyl (C=O) groups excluding carboxylic acids is 1. The highest BCUT2D eigenvalue weighted by atomic mass is 32.2. The molecule has 1 fully saturated rings. The highest BCUT2D eigenvalue weighted by molar-refractivity contribution is 7.91. The summed E-state index contributed by atoms with van der Waals surface area (Å²) < 4.78 is 65.3. The molecule has 3 aromatic rings. The van der Waals surface area contributed by atoms with Crippen LogP contribution in [0.2, 0.25) is 0 Å². The molecule has 2 aliphatic heterocycles. The monoisotopic (exact) mass is 505 g/mol. The van der Waals surface area contributed by atoms with Crippen molar-refractivity contribution in [2.45, 2.75) is 44.2 Å². The van der Waals surface area contributed by atoms with Crippen molar-refractivity contribution in [3.8, 4) is 22.9 Å². The number of halogens is 2. The van der Waals surface area contributed by atoms with Gasteiger partial charge in [-0.2, -0.15) is 5.10 Å². The molecule has 1 aromatic carbocycles. The van der Waals surface area contributed by atoms with Gasteiger partial charge < -0.3 is 14.0 Å². The first-order valence-electron chi connectivity index (χ1n) is 11.1. The summed E-state index contributed by atoms with van der Waals surface area (Å²) in [6.45, 7) is 2.24. The third kappa shape index (κ3) is 3.56. The zero-order valence-corrected chi connectivity index (χ0v) is 19.7. The quantitative estimate of drug-likeness (QED) is 0.507. The van der Waals surface area contributed by atoms with E-state index in [-0.39, 0.29) is 40.2 Å². The number of sulfone groups is 1. The second-order valence-electron chi connectivity index (χ2n) is 8.94. The summed E-state index contributed by atoms with van der Waals surface area (Å²) in [5.74, 6) is -0.265. The summed E-state index contributed by atoms with van der Waals surface area (Å²) in [7, 11) is -2.21. The Morgan fingerprint density at radius 1 is 1.20 bits per heavy atom. The lowest BCUT2D eigenvalue weighted by Gasteiger charge is -2.15. The van der Waals surface area contributed by atoms with E-state index >= 15 is 0 Å². The van der Waals surface area contributed by atoms with E-state index in [9.17, 15) is 22.0 Å². The predicted molar refractivity (Wildman–Crippen MR) is 118 cm³/mol. The smallest absolute Gasteiger partial charge is 0.395 e. The number of imidazole rings is 1. The zero-order valence-electron chi connectivity index (χ0n) is 18.9. The Bertz CT molecular complexity index is 1490. The first-order chi connectivity index (χ1) is 16.6. The maximum atomic E-state index is 13.4. The number of benzene rings is 1. The van der Waals surface area contributed by atoms with E-state index in [1.165, 1.54) is 28.5 Å². The number of fused-ring (bicyclic) bond motifs is 2. The van der Waals surface area contributed by atoms with Crippen LogP contribution in [0.4, 0.5) is 14.6 Å². The minimum absolute atomic E-state index is 0.0205. The molecule has 1 saturated carbocycles. The number of anilines is 1. The number of carbonyl (C=O) groups is 1. The van der Waals surface area contributed by atoms with Crippen LogP contribution in [0, 0.1) is 5.92 Å².